The van der Waals surface area contributed by atoms with E-state index in [4.69, 9.17) is 16.7 Å². The summed E-state index contributed by atoms with van der Waals surface area (Å²) >= 11 is 6.41. The lowest BCUT2D eigenvalue weighted by atomic mass is 9.99. The molecule has 6 heteroatoms. The second kappa shape index (κ2) is 8.10. The van der Waals surface area contributed by atoms with Gasteiger partial charge in [0.15, 0.2) is 0 Å². The van der Waals surface area contributed by atoms with Crippen molar-refractivity contribution in [3.63, 3.8) is 0 Å². The zero-order valence-corrected chi connectivity index (χ0v) is 17.3. The van der Waals surface area contributed by atoms with Crippen molar-refractivity contribution in [1.29, 1.82) is 0 Å². The molecular formula is C22H27ClN4O. The first kappa shape index (κ1) is 19.2. The molecule has 5 nitrogen and oxygen atoms in total. The highest BCUT2D eigenvalue weighted by atomic mass is 35.5. The van der Waals surface area contributed by atoms with Gasteiger partial charge in [0.25, 0.3) is 5.91 Å². The minimum Gasteiger partial charge on any atom is -0.353 e. The molecule has 0 N–H and O–H groups in total. The number of piperidine rings is 1. The number of hydrogen-bond acceptors (Lipinski definition) is 3. The molecule has 4 rings (SSSR count). The van der Waals surface area contributed by atoms with Gasteiger partial charge in [0.05, 0.1) is 12.3 Å². The Hall–Kier alpha value is -2.11. The quantitative estimate of drug-likeness (QED) is 0.778. The van der Waals surface area contributed by atoms with Crippen molar-refractivity contribution in [3.8, 4) is 0 Å². The fraction of sp³-hybridized carbons (Fsp3) is 0.455. The molecule has 2 aromatic rings. The summed E-state index contributed by atoms with van der Waals surface area (Å²) in [5.41, 5.74) is 2.87. The first-order valence-electron chi connectivity index (χ1n) is 10.0. The lowest BCUT2D eigenvalue weighted by molar-refractivity contribution is -0.134. The number of rotatable bonds is 4. The van der Waals surface area contributed by atoms with Gasteiger partial charge in [-0.05, 0) is 50.0 Å². The lowest BCUT2D eigenvalue weighted by Gasteiger charge is -2.31. The standard InChI is InChI=1S/C22H27ClN4O/c1-16-9-12-26(13-10-16)15-22(28)27-21(20-8-5-11-25(20)2)14-19(24-27)17-6-3-4-7-18(17)23/h3-8,11,16,21H,9-10,12-15H2,1-2H3. The molecule has 0 aliphatic carbocycles. The first-order chi connectivity index (χ1) is 13.5. The molecule has 2 aliphatic heterocycles. The smallest absolute Gasteiger partial charge is 0.257 e. The molecule has 0 bridgehead atoms. The van der Waals surface area contributed by atoms with Gasteiger partial charge in [-0.25, -0.2) is 5.01 Å². The van der Waals surface area contributed by atoms with Gasteiger partial charge < -0.3 is 4.57 Å². The van der Waals surface area contributed by atoms with Crippen molar-refractivity contribution >= 4 is 23.2 Å². The van der Waals surface area contributed by atoms with Crippen LogP contribution in [0.15, 0.2) is 47.7 Å². The van der Waals surface area contributed by atoms with Crippen LogP contribution in [-0.2, 0) is 11.8 Å². The molecule has 1 amide bonds. The maximum absolute atomic E-state index is 13.2. The van der Waals surface area contributed by atoms with Crippen molar-refractivity contribution < 1.29 is 4.79 Å². The molecule has 28 heavy (non-hydrogen) atoms. The highest BCUT2D eigenvalue weighted by molar-refractivity contribution is 6.34. The van der Waals surface area contributed by atoms with E-state index in [9.17, 15) is 4.79 Å². The van der Waals surface area contributed by atoms with Crippen LogP contribution in [-0.4, -0.2) is 45.7 Å². The summed E-state index contributed by atoms with van der Waals surface area (Å²) in [6, 6.07) is 11.7. The normalized spacial score (nSPS) is 21.2. The molecule has 1 saturated heterocycles. The second-order valence-corrected chi connectivity index (χ2v) is 8.39. The van der Waals surface area contributed by atoms with Crippen molar-refractivity contribution in [3.05, 3.63) is 58.9 Å². The third-order valence-corrected chi connectivity index (χ3v) is 6.24. The van der Waals surface area contributed by atoms with E-state index in [0.717, 1.165) is 48.8 Å². The van der Waals surface area contributed by atoms with Crippen LogP contribution in [0.1, 0.15) is 43.5 Å². The fourth-order valence-electron chi connectivity index (χ4n) is 4.13. The lowest BCUT2D eigenvalue weighted by Crippen LogP contribution is -2.41. The SMILES string of the molecule is CC1CCN(CC(=O)N2N=C(c3ccccc3Cl)CC2c2cccn2C)CC1. The molecule has 2 aliphatic rings. The predicted molar refractivity (Wildman–Crippen MR) is 112 cm³/mol. The van der Waals surface area contributed by atoms with Gasteiger partial charge in [0.1, 0.15) is 6.04 Å². The molecular weight excluding hydrogens is 372 g/mol. The molecule has 3 heterocycles. The highest BCUT2D eigenvalue weighted by Gasteiger charge is 2.35. The van der Waals surface area contributed by atoms with Crippen LogP contribution in [0.5, 0.6) is 0 Å². The predicted octanol–water partition coefficient (Wildman–Crippen LogP) is 4.09. The fourth-order valence-corrected chi connectivity index (χ4v) is 4.38. The van der Waals surface area contributed by atoms with Crippen LogP contribution in [0, 0.1) is 5.92 Å². The van der Waals surface area contributed by atoms with E-state index in [1.54, 1.807) is 5.01 Å². The van der Waals surface area contributed by atoms with E-state index >= 15 is 0 Å². The topological polar surface area (TPSA) is 40.8 Å². The number of aromatic nitrogens is 1. The molecule has 1 atom stereocenters. The molecule has 148 valence electrons. The Balaban J connectivity index is 1.59. The average Bonchev–Trinajstić information content (AvgIpc) is 3.30. The van der Waals surface area contributed by atoms with Gasteiger partial charge in [0.2, 0.25) is 0 Å². The molecule has 0 spiro atoms. The van der Waals surface area contributed by atoms with Gasteiger partial charge in [-0.3, -0.25) is 9.69 Å². The van der Waals surface area contributed by atoms with Crippen LogP contribution in [0.3, 0.4) is 0 Å². The van der Waals surface area contributed by atoms with Crippen LogP contribution in [0.4, 0.5) is 0 Å². The van der Waals surface area contributed by atoms with Gasteiger partial charge in [-0.2, -0.15) is 5.10 Å². The zero-order valence-electron chi connectivity index (χ0n) is 16.5. The Morgan fingerprint density at radius 2 is 1.93 bits per heavy atom. The van der Waals surface area contributed by atoms with Crippen LogP contribution in [0.25, 0.3) is 0 Å². The summed E-state index contributed by atoms with van der Waals surface area (Å²) < 4.78 is 2.07. The number of aryl methyl sites for hydroxylation is 1. The number of nitrogens with zero attached hydrogens (tertiary/aromatic N) is 4. The molecule has 1 aromatic heterocycles. The van der Waals surface area contributed by atoms with Gasteiger partial charge in [-0.1, -0.05) is 36.7 Å². The van der Waals surface area contributed by atoms with E-state index in [0.29, 0.717) is 18.0 Å². The van der Waals surface area contributed by atoms with Crippen molar-refractivity contribution in [1.82, 2.24) is 14.5 Å². The Bertz CT molecular complexity index is 882. The summed E-state index contributed by atoms with van der Waals surface area (Å²) in [6.45, 7) is 4.67. The molecule has 0 radical (unpaired) electrons. The molecule has 1 fully saturated rings. The largest absolute Gasteiger partial charge is 0.353 e. The second-order valence-electron chi connectivity index (χ2n) is 7.99. The Morgan fingerprint density at radius 3 is 2.61 bits per heavy atom. The minimum atomic E-state index is -0.0949. The van der Waals surface area contributed by atoms with Crippen molar-refractivity contribution in [2.45, 2.75) is 32.2 Å². The summed E-state index contributed by atoms with van der Waals surface area (Å²) in [4.78, 5) is 15.5. The number of carbonyl (C=O) groups is 1. The van der Waals surface area contributed by atoms with E-state index in [1.165, 1.54) is 0 Å². The van der Waals surface area contributed by atoms with E-state index in [-0.39, 0.29) is 11.9 Å². The van der Waals surface area contributed by atoms with E-state index < -0.39 is 0 Å². The van der Waals surface area contributed by atoms with Crippen LogP contribution < -0.4 is 0 Å². The Labute approximate surface area is 171 Å². The van der Waals surface area contributed by atoms with Crippen molar-refractivity contribution in [2.75, 3.05) is 19.6 Å². The zero-order chi connectivity index (χ0) is 19.7. The van der Waals surface area contributed by atoms with E-state index in [1.807, 2.05) is 43.6 Å². The number of hydrogen-bond donors (Lipinski definition) is 0. The monoisotopic (exact) mass is 398 g/mol. The number of halogens is 1. The number of amides is 1. The van der Waals surface area contributed by atoms with Crippen LogP contribution >= 0.6 is 11.6 Å². The maximum Gasteiger partial charge on any atom is 0.257 e. The number of likely N-dealkylation sites (tertiary alicyclic amines) is 1. The highest BCUT2D eigenvalue weighted by Crippen LogP contribution is 2.34. The third kappa shape index (κ3) is 3.87. The average molecular weight is 399 g/mol. The molecule has 1 unspecified atom stereocenters. The summed E-state index contributed by atoms with van der Waals surface area (Å²) in [6.07, 6.45) is 4.99. The number of hydrazone groups is 1. The van der Waals surface area contributed by atoms with Gasteiger partial charge in [0, 0.05) is 35.9 Å². The maximum atomic E-state index is 13.2. The molecule has 1 aromatic carbocycles. The van der Waals surface area contributed by atoms with Crippen molar-refractivity contribution in [2.24, 2.45) is 18.1 Å². The van der Waals surface area contributed by atoms with Gasteiger partial charge in [-0.15, -0.1) is 0 Å². The minimum absolute atomic E-state index is 0.0582. The first-order valence-corrected chi connectivity index (χ1v) is 10.4. The number of benzene rings is 1. The third-order valence-electron chi connectivity index (χ3n) is 5.91. The summed E-state index contributed by atoms with van der Waals surface area (Å²) in [5, 5.41) is 7.11. The summed E-state index contributed by atoms with van der Waals surface area (Å²) in [5.74, 6) is 0.807. The Morgan fingerprint density at radius 1 is 1.18 bits per heavy atom. The van der Waals surface area contributed by atoms with Gasteiger partial charge >= 0.3 is 0 Å². The molecule has 0 saturated carbocycles. The number of carbonyl (C=O) groups excluding carboxylic acids is 1. The van der Waals surface area contributed by atoms with Crippen LogP contribution in [0.2, 0.25) is 5.02 Å². The summed E-state index contributed by atoms with van der Waals surface area (Å²) in [7, 11) is 2.01. The Kier molecular flexibility index (Phi) is 5.56. The van der Waals surface area contributed by atoms with E-state index in [2.05, 4.69) is 22.5 Å².